The molecule has 0 unspecified atom stereocenters. The Morgan fingerprint density at radius 3 is 2.77 bits per heavy atom. The van der Waals surface area contributed by atoms with Gasteiger partial charge in [0.2, 0.25) is 5.91 Å². The van der Waals surface area contributed by atoms with Crippen LogP contribution in [0.4, 0.5) is 0 Å². The summed E-state index contributed by atoms with van der Waals surface area (Å²) < 4.78 is 6.01. The summed E-state index contributed by atoms with van der Waals surface area (Å²) in [6.45, 7) is 6.37. The number of rotatable bonds is 6. The molecule has 2 fully saturated rings. The number of amides is 2. The summed E-state index contributed by atoms with van der Waals surface area (Å²) in [4.78, 5) is 32.5. The summed E-state index contributed by atoms with van der Waals surface area (Å²) in [6, 6.07) is 9.53. The monoisotopic (exact) mass is 423 g/mol. The number of aromatic nitrogens is 1. The molecule has 1 saturated carbocycles. The fourth-order valence-electron chi connectivity index (χ4n) is 4.59. The van der Waals surface area contributed by atoms with Gasteiger partial charge in [-0.2, -0.15) is 0 Å². The molecule has 1 saturated heterocycles. The van der Waals surface area contributed by atoms with Crippen molar-refractivity contribution in [3.8, 4) is 0 Å². The largest absolute Gasteiger partial charge is 0.368 e. The molecule has 2 heterocycles. The second-order valence-corrected chi connectivity index (χ2v) is 9.27. The Kier molecular flexibility index (Phi) is 6.86. The molecule has 166 valence electrons. The molecule has 1 aromatic carbocycles. The highest BCUT2D eigenvalue weighted by atomic mass is 16.5. The van der Waals surface area contributed by atoms with Gasteiger partial charge < -0.3 is 15.0 Å². The van der Waals surface area contributed by atoms with Crippen molar-refractivity contribution in [1.29, 1.82) is 0 Å². The fraction of sp³-hybridized carbons (Fsp3) is 0.560. The maximum Gasteiger partial charge on any atom is 0.252 e. The second kappa shape index (κ2) is 9.77. The van der Waals surface area contributed by atoms with Crippen molar-refractivity contribution in [2.45, 2.75) is 52.1 Å². The van der Waals surface area contributed by atoms with Crippen LogP contribution in [-0.2, 0) is 9.53 Å². The molecule has 0 spiro atoms. The van der Waals surface area contributed by atoms with Crippen LogP contribution in [0.2, 0.25) is 0 Å². The number of carbonyl (C=O) groups is 2. The molecule has 1 aromatic heterocycles. The molecule has 31 heavy (non-hydrogen) atoms. The highest BCUT2D eigenvalue weighted by molar-refractivity contribution is 6.06. The lowest BCUT2D eigenvalue weighted by Crippen LogP contribution is -2.43. The lowest BCUT2D eigenvalue weighted by atomic mass is 10.0. The number of hydrogen-bond acceptors (Lipinski definition) is 4. The molecule has 2 aromatic rings. The Balaban J connectivity index is 1.55. The lowest BCUT2D eigenvalue weighted by Gasteiger charge is -2.33. The molecule has 2 amide bonds. The van der Waals surface area contributed by atoms with Crippen LogP contribution in [0.5, 0.6) is 0 Å². The van der Waals surface area contributed by atoms with Crippen LogP contribution in [0.15, 0.2) is 30.3 Å². The SMILES string of the molecule is CC(C)CNC(=O)c1cc([C@@H]2CN(C(=O)CC3CCCC3)CCO2)nc2ccccc12. The summed E-state index contributed by atoms with van der Waals surface area (Å²) in [5.74, 6) is 1.02. The third-order valence-electron chi connectivity index (χ3n) is 6.34. The van der Waals surface area contributed by atoms with Crippen LogP contribution in [-0.4, -0.2) is 47.9 Å². The van der Waals surface area contributed by atoms with Crippen molar-refractivity contribution in [3.05, 3.63) is 41.6 Å². The van der Waals surface area contributed by atoms with Crippen molar-refractivity contribution >= 4 is 22.7 Å². The van der Waals surface area contributed by atoms with E-state index >= 15 is 0 Å². The Bertz CT molecular complexity index is 937. The predicted molar refractivity (Wildman–Crippen MR) is 121 cm³/mol. The van der Waals surface area contributed by atoms with Gasteiger partial charge in [0.05, 0.1) is 29.9 Å². The van der Waals surface area contributed by atoms with Crippen LogP contribution >= 0.6 is 0 Å². The molecule has 2 aliphatic rings. The third-order valence-corrected chi connectivity index (χ3v) is 6.34. The first kappa shape index (κ1) is 21.8. The summed E-state index contributed by atoms with van der Waals surface area (Å²) in [6.07, 6.45) is 5.14. The Hall–Kier alpha value is -2.47. The van der Waals surface area contributed by atoms with Crippen LogP contribution in [0, 0.1) is 11.8 Å². The number of benzene rings is 1. The van der Waals surface area contributed by atoms with Gasteiger partial charge in [-0.25, -0.2) is 4.98 Å². The number of hydrogen-bond donors (Lipinski definition) is 1. The number of nitrogens with zero attached hydrogens (tertiary/aromatic N) is 2. The standard InChI is InChI=1S/C25H33N3O3/c1-17(2)15-26-25(30)20-14-22(27-21-10-6-5-9-19(20)21)23-16-28(11-12-31-23)24(29)13-18-7-3-4-8-18/h5-6,9-10,14,17-18,23H,3-4,7-8,11-13,15-16H2,1-2H3,(H,26,30)/t23-/m0/s1. The van der Waals surface area contributed by atoms with Gasteiger partial charge in [0.1, 0.15) is 6.10 Å². The van der Waals surface area contributed by atoms with Crippen LogP contribution < -0.4 is 5.32 Å². The quantitative estimate of drug-likeness (QED) is 0.759. The van der Waals surface area contributed by atoms with Gasteiger partial charge in [0, 0.05) is 24.9 Å². The average Bonchev–Trinajstić information content (AvgIpc) is 3.29. The zero-order chi connectivity index (χ0) is 21.8. The minimum absolute atomic E-state index is 0.0986. The number of nitrogens with one attached hydrogen (secondary N) is 1. The van der Waals surface area contributed by atoms with Gasteiger partial charge in [0.25, 0.3) is 5.91 Å². The van der Waals surface area contributed by atoms with Crippen molar-refractivity contribution in [3.63, 3.8) is 0 Å². The summed E-state index contributed by atoms with van der Waals surface area (Å²) in [5, 5.41) is 3.85. The van der Waals surface area contributed by atoms with E-state index < -0.39 is 0 Å². The summed E-state index contributed by atoms with van der Waals surface area (Å²) in [5.41, 5.74) is 2.10. The van der Waals surface area contributed by atoms with Gasteiger partial charge in [-0.3, -0.25) is 9.59 Å². The first-order chi connectivity index (χ1) is 15.0. The zero-order valence-electron chi connectivity index (χ0n) is 18.6. The van der Waals surface area contributed by atoms with Crippen LogP contribution in [0.25, 0.3) is 10.9 Å². The summed E-state index contributed by atoms with van der Waals surface area (Å²) in [7, 11) is 0. The highest BCUT2D eigenvalue weighted by Crippen LogP contribution is 2.30. The van der Waals surface area contributed by atoms with E-state index in [0.29, 0.717) is 55.8 Å². The smallest absolute Gasteiger partial charge is 0.252 e. The molecule has 1 N–H and O–H groups in total. The normalized spacial score (nSPS) is 19.8. The molecule has 6 nitrogen and oxygen atoms in total. The van der Waals surface area contributed by atoms with E-state index in [1.54, 1.807) is 0 Å². The second-order valence-electron chi connectivity index (χ2n) is 9.27. The molecule has 0 bridgehead atoms. The fourth-order valence-corrected chi connectivity index (χ4v) is 4.59. The third kappa shape index (κ3) is 5.24. The molecule has 4 rings (SSSR count). The first-order valence-corrected chi connectivity index (χ1v) is 11.6. The number of carbonyl (C=O) groups excluding carboxylic acids is 2. The van der Waals surface area contributed by atoms with Gasteiger partial charge in [-0.15, -0.1) is 0 Å². The zero-order valence-corrected chi connectivity index (χ0v) is 18.6. The highest BCUT2D eigenvalue weighted by Gasteiger charge is 2.29. The van der Waals surface area contributed by atoms with Gasteiger partial charge >= 0.3 is 0 Å². The Morgan fingerprint density at radius 1 is 1.23 bits per heavy atom. The van der Waals surface area contributed by atoms with Crippen molar-refractivity contribution in [1.82, 2.24) is 15.2 Å². The molecule has 1 aliphatic heterocycles. The maximum atomic E-state index is 12.9. The molecule has 1 atom stereocenters. The molecule has 6 heteroatoms. The van der Waals surface area contributed by atoms with E-state index in [1.165, 1.54) is 25.7 Å². The van der Waals surface area contributed by atoms with Crippen molar-refractivity contribution in [2.24, 2.45) is 11.8 Å². The minimum atomic E-state index is -0.317. The van der Waals surface area contributed by atoms with Crippen molar-refractivity contribution in [2.75, 3.05) is 26.2 Å². The van der Waals surface area contributed by atoms with Gasteiger partial charge in [0.15, 0.2) is 0 Å². The number of para-hydroxylation sites is 1. The number of ether oxygens (including phenoxy) is 1. The molecular formula is C25H33N3O3. The van der Waals surface area contributed by atoms with E-state index in [2.05, 4.69) is 19.2 Å². The first-order valence-electron chi connectivity index (χ1n) is 11.6. The van der Waals surface area contributed by atoms with Crippen molar-refractivity contribution < 1.29 is 14.3 Å². The van der Waals surface area contributed by atoms with E-state index in [0.717, 1.165) is 10.9 Å². The van der Waals surface area contributed by atoms with E-state index in [9.17, 15) is 9.59 Å². The molecular weight excluding hydrogens is 390 g/mol. The number of morpholine rings is 1. The predicted octanol–water partition coefficient (Wildman–Crippen LogP) is 4.10. The van der Waals surface area contributed by atoms with E-state index in [4.69, 9.17) is 9.72 Å². The van der Waals surface area contributed by atoms with Gasteiger partial charge in [-0.1, -0.05) is 44.9 Å². The Labute approximate surface area is 184 Å². The number of pyridine rings is 1. The maximum absolute atomic E-state index is 12.9. The minimum Gasteiger partial charge on any atom is -0.368 e. The topological polar surface area (TPSA) is 71.5 Å². The van der Waals surface area contributed by atoms with Gasteiger partial charge in [-0.05, 0) is 36.8 Å². The van der Waals surface area contributed by atoms with E-state index in [1.807, 2.05) is 35.2 Å². The van der Waals surface area contributed by atoms with E-state index in [-0.39, 0.29) is 17.9 Å². The van der Waals surface area contributed by atoms with Crippen LogP contribution in [0.3, 0.4) is 0 Å². The lowest BCUT2D eigenvalue weighted by molar-refractivity contribution is -0.140. The number of fused-ring (bicyclic) bond motifs is 1. The van der Waals surface area contributed by atoms with Crippen LogP contribution in [0.1, 0.15) is 68.1 Å². The molecule has 0 radical (unpaired) electrons. The summed E-state index contributed by atoms with van der Waals surface area (Å²) >= 11 is 0. The average molecular weight is 424 g/mol. The molecule has 1 aliphatic carbocycles. The Morgan fingerprint density at radius 2 is 2.00 bits per heavy atom.